The maximum atomic E-state index is 15.5. The second kappa shape index (κ2) is 22.8. The third-order valence-electron chi connectivity index (χ3n) is 14.3. The summed E-state index contributed by atoms with van der Waals surface area (Å²) < 4.78 is 35.9. The molecule has 6 aromatic rings. The lowest BCUT2D eigenvalue weighted by Gasteiger charge is -2.60. The average molecular weight is 985 g/mol. The van der Waals surface area contributed by atoms with Crippen molar-refractivity contribution in [3.05, 3.63) is 202 Å². The molecule has 6 aromatic carbocycles. The number of aliphatic hydroxyl groups is 2. The average Bonchev–Trinajstić information content (AvgIpc) is 3.41. The molecule has 0 bridgehead atoms. The van der Waals surface area contributed by atoms with Crippen molar-refractivity contribution >= 4 is 28.1 Å². The Morgan fingerprint density at radius 1 is 0.890 bits per heavy atom. The van der Waals surface area contributed by atoms with E-state index in [1.807, 2.05) is 60.7 Å². The third kappa shape index (κ3) is 10.9. The van der Waals surface area contributed by atoms with Crippen LogP contribution in [0.4, 0.5) is 10.1 Å². The number of aliphatic hydroxyl groups excluding tert-OH is 2. The second-order valence-corrected chi connectivity index (χ2v) is 18.8. The van der Waals surface area contributed by atoms with Gasteiger partial charge in [-0.1, -0.05) is 72.6 Å². The number of nitriles is 1. The van der Waals surface area contributed by atoms with Crippen molar-refractivity contribution in [2.24, 2.45) is 22.9 Å². The topological polar surface area (TPSA) is 177 Å². The summed E-state index contributed by atoms with van der Waals surface area (Å²) in [5.74, 6) is -1.85. The van der Waals surface area contributed by atoms with Crippen molar-refractivity contribution in [2.75, 3.05) is 19.8 Å². The number of oxime groups is 1. The van der Waals surface area contributed by atoms with Crippen LogP contribution in [-0.4, -0.2) is 63.3 Å². The first-order chi connectivity index (χ1) is 35.6. The molecule has 1 saturated carbocycles. The van der Waals surface area contributed by atoms with Crippen LogP contribution in [0.15, 0.2) is 163 Å². The Morgan fingerprint density at radius 2 is 1.59 bits per heavy atom. The van der Waals surface area contributed by atoms with Gasteiger partial charge in [0.15, 0.2) is 0 Å². The highest BCUT2D eigenvalue weighted by Crippen LogP contribution is 2.62. The lowest BCUT2D eigenvalue weighted by Crippen LogP contribution is -2.70. The van der Waals surface area contributed by atoms with E-state index in [1.165, 1.54) is 24.3 Å². The zero-order chi connectivity index (χ0) is 50.9. The van der Waals surface area contributed by atoms with E-state index in [4.69, 9.17) is 24.2 Å². The number of halogens is 1. The second-order valence-electron chi connectivity index (χ2n) is 18.8. The van der Waals surface area contributed by atoms with E-state index in [9.17, 15) is 30.0 Å². The number of carbonyl (C=O) groups excluding carboxylic acids is 1. The van der Waals surface area contributed by atoms with Gasteiger partial charge in [0.05, 0.1) is 34.8 Å². The van der Waals surface area contributed by atoms with Crippen molar-refractivity contribution in [3.63, 3.8) is 0 Å². The maximum absolute atomic E-state index is 15.5. The van der Waals surface area contributed by atoms with E-state index in [0.29, 0.717) is 70.9 Å². The summed E-state index contributed by atoms with van der Waals surface area (Å²) >= 11 is 0. The molecular weight excluding hydrogens is 928 g/mol. The standard InChI is InChI=1S/C59H57FN4O9/c1-2-31-70-59-55(63(37-40-15-22-46(60)23-16-40)58(67)43-19-13-39(36-61)14-20-43)35-53(62-71-38-41-17-24-47(25-18-41)64(68)69)51-33-45(11-5-7-29-65)50(12-6-8-30-66)56(57(51)59)52-34-49(27-28-54(52)73-59)72-48-26-21-42-9-3-4-10-44(42)32-48/h2-4,9-10,13-28,32-34,45,50,55-57,65-66H,1,5-8,11-12,29-31,35,37-38H2/t45-,50+,55-,56+,57+,59+/m0/s1. The first-order valence-electron chi connectivity index (χ1n) is 24.8. The molecule has 0 spiro atoms. The summed E-state index contributed by atoms with van der Waals surface area (Å²) in [7, 11) is 0. The van der Waals surface area contributed by atoms with Gasteiger partial charge in [0, 0.05) is 55.4 Å². The lowest BCUT2D eigenvalue weighted by atomic mass is 9.55. The van der Waals surface area contributed by atoms with E-state index >= 15 is 4.79 Å². The van der Waals surface area contributed by atoms with Crippen LogP contribution in [0.25, 0.3) is 10.8 Å². The first-order valence-corrected chi connectivity index (χ1v) is 24.8. The van der Waals surface area contributed by atoms with Crippen LogP contribution in [0.5, 0.6) is 17.2 Å². The van der Waals surface area contributed by atoms with Gasteiger partial charge in [0.1, 0.15) is 35.7 Å². The van der Waals surface area contributed by atoms with Gasteiger partial charge >= 0.3 is 0 Å². The van der Waals surface area contributed by atoms with E-state index < -0.39 is 34.4 Å². The number of nitro groups is 1. The summed E-state index contributed by atoms with van der Waals surface area (Å²) in [4.78, 5) is 34.4. The largest absolute Gasteiger partial charge is 0.459 e. The number of non-ortho nitro benzene ring substituents is 1. The lowest BCUT2D eigenvalue weighted by molar-refractivity contribution is -0.384. The molecule has 0 unspecified atom stereocenters. The molecule has 13 nitrogen and oxygen atoms in total. The van der Waals surface area contributed by atoms with Crippen LogP contribution in [0, 0.1) is 45.0 Å². The highest BCUT2D eigenvalue weighted by molar-refractivity contribution is 6.03. The van der Waals surface area contributed by atoms with Crippen molar-refractivity contribution < 1.29 is 43.4 Å². The number of rotatable bonds is 21. The summed E-state index contributed by atoms with van der Waals surface area (Å²) in [5.41, 5.74) is 4.10. The molecule has 374 valence electrons. The SMILES string of the molecule is C=CCO[C@@]12Oc3ccc(Oc4ccc5ccccc5c4)cc3[C@H]3[C@H](CCCCO)[C@@H](CCCCO)C=C(C(=NOCc4ccc([N+](=O)[O-])cc4)C[C@@H]1N(Cc1ccc(F)cc1)C(=O)c1ccc(C#N)cc1)[C@H]32. The van der Waals surface area contributed by atoms with E-state index in [2.05, 4.69) is 18.7 Å². The van der Waals surface area contributed by atoms with Gasteiger partial charge in [0.2, 0.25) is 5.79 Å². The fraction of sp³-hybridized carbons (Fsp3) is 0.305. The van der Waals surface area contributed by atoms with Gasteiger partial charge in [-0.25, -0.2) is 4.39 Å². The number of nitrogens with zero attached hydrogens (tertiary/aromatic N) is 4. The number of fused-ring (bicyclic) bond motifs is 3. The predicted octanol–water partition coefficient (Wildman–Crippen LogP) is 11.7. The number of allylic oxidation sites excluding steroid dienone is 1. The number of benzene rings is 6. The Balaban J connectivity index is 1.25. The molecule has 0 radical (unpaired) electrons. The minimum absolute atomic E-state index is 0.00515. The van der Waals surface area contributed by atoms with Gasteiger partial charge < -0.3 is 34.2 Å². The summed E-state index contributed by atoms with van der Waals surface area (Å²) in [5, 5.41) is 48.4. The van der Waals surface area contributed by atoms with Gasteiger partial charge in [-0.2, -0.15) is 5.26 Å². The number of nitro benzene ring substituents is 1. The summed E-state index contributed by atoms with van der Waals surface area (Å²) in [6.45, 7) is 4.11. The molecule has 6 atom stereocenters. The Labute approximate surface area is 423 Å². The number of ether oxygens (including phenoxy) is 3. The quantitative estimate of drug-likeness (QED) is 0.0305. The monoisotopic (exact) mass is 984 g/mol. The van der Waals surface area contributed by atoms with Crippen molar-refractivity contribution in [3.8, 4) is 23.3 Å². The number of unbranched alkanes of at least 4 members (excludes halogenated alkanes) is 2. The molecule has 1 amide bonds. The number of hydrogen-bond donors (Lipinski definition) is 2. The minimum Gasteiger partial charge on any atom is -0.459 e. The van der Waals surface area contributed by atoms with Crippen LogP contribution >= 0.6 is 0 Å². The van der Waals surface area contributed by atoms with Crippen LogP contribution in [0.1, 0.15) is 83.5 Å². The zero-order valence-electron chi connectivity index (χ0n) is 40.4. The minimum atomic E-state index is -1.62. The molecule has 3 aliphatic rings. The summed E-state index contributed by atoms with van der Waals surface area (Å²) in [6, 6.07) is 39.4. The molecular formula is C59H57FN4O9. The Kier molecular flexibility index (Phi) is 15.7. The first kappa shape index (κ1) is 50.2. The smallest absolute Gasteiger partial charge is 0.269 e. The fourth-order valence-corrected chi connectivity index (χ4v) is 10.9. The van der Waals surface area contributed by atoms with E-state index in [0.717, 1.165) is 34.8 Å². The van der Waals surface area contributed by atoms with Gasteiger partial charge in [-0.15, -0.1) is 6.58 Å². The highest BCUT2D eigenvalue weighted by Gasteiger charge is 2.65. The zero-order valence-corrected chi connectivity index (χ0v) is 40.4. The molecule has 1 heterocycles. The van der Waals surface area contributed by atoms with Crippen molar-refractivity contribution in [2.45, 2.75) is 75.8 Å². The van der Waals surface area contributed by atoms with E-state index in [-0.39, 0.29) is 62.8 Å². The van der Waals surface area contributed by atoms with Gasteiger partial charge in [0.25, 0.3) is 11.6 Å². The van der Waals surface area contributed by atoms with Crippen LogP contribution in [0.2, 0.25) is 0 Å². The van der Waals surface area contributed by atoms with Crippen molar-refractivity contribution in [1.29, 1.82) is 5.26 Å². The Morgan fingerprint density at radius 3 is 2.30 bits per heavy atom. The number of carbonyl (C=O) groups is 1. The molecule has 9 rings (SSSR count). The number of hydrogen-bond acceptors (Lipinski definition) is 11. The molecule has 73 heavy (non-hydrogen) atoms. The Hall–Kier alpha value is -7.70. The van der Waals surface area contributed by atoms with Gasteiger partial charge in [-0.05, 0) is 144 Å². The Bertz CT molecular complexity index is 3050. The predicted molar refractivity (Wildman–Crippen MR) is 274 cm³/mol. The molecule has 0 saturated heterocycles. The third-order valence-corrected chi connectivity index (χ3v) is 14.3. The van der Waals surface area contributed by atoms with Crippen LogP contribution < -0.4 is 9.47 Å². The fourth-order valence-electron chi connectivity index (χ4n) is 10.9. The molecule has 0 aromatic heterocycles. The van der Waals surface area contributed by atoms with Crippen LogP contribution in [0.3, 0.4) is 0 Å². The highest BCUT2D eigenvalue weighted by atomic mass is 19.1. The molecule has 2 N–H and O–H groups in total. The summed E-state index contributed by atoms with van der Waals surface area (Å²) in [6.07, 6.45) is 8.02. The normalized spacial score (nSPS) is 21.2. The van der Waals surface area contributed by atoms with Crippen molar-refractivity contribution in [1.82, 2.24) is 4.90 Å². The molecule has 2 aliphatic carbocycles. The van der Waals surface area contributed by atoms with Crippen LogP contribution in [-0.2, 0) is 22.7 Å². The molecule has 1 fully saturated rings. The molecule has 14 heteroatoms. The maximum Gasteiger partial charge on any atom is 0.269 e. The van der Waals surface area contributed by atoms with Gasteiger partial charge in [-0.3, -0.25) is 14.9 Å². The molecule has 1 aliphatic heterocycles. The number of amides is 1. The van der Waals surface area contributed by atoms with E-state index in [1.54, 1.807) is 59.5 Å².